The van der Waals surface area contributed by atoms with Crippen LogP contribution in [-0.4, -0.2) is 96.7 Å². The molecule has 612 valence electrons. The normalized spacial score (nSPS) is 14.8. The highest BCUT2D eigenvalue weighted by molar-refractivity contribution is 7.47. The number of rotatable bonds is 75. The maximum absolute atomic E-state index is 13.1. The number of hydrogen-bond donors (Lipinski definition) is 3. The first kappa shape index (κ1) is 102. The standard InChI is InChI=1S/C89H144O17P2/c1-5-9-13-17-21-25-29-33-36-39-41-44-46-50-53-57-61-65-69-73-86(91)99-79-84(105-88(93)75-71-67-63-59-55-49-32-28-24-20-16-12-8-4)81-103-107(95,96)101-77-83(90)78-102-108(97,98)104-82-85(106-89(94)76-72-68-64-60-56-52-48-43-38-35-31-27-23-19-15-11-7-3)80-100-87(92)74-70-66-62-58-54-51-47-45-42-40-37-34-30-26-22-18-14-10-6-2/h9-11,13-16,20-23,25-28,32-38,41-42,44-45,50,53,61,65,83-85,90H,5-8,12,17-19,24,29-31,39-40,43,46-49,51-52,54-60,62-64,66-82H2,1-4H3,(H,95,96)(H,97,98)/b13-9-,14-10-,15-11-,20-16-,25-21-,26-22-,27-23-,32-28-,36-33-,37-34-,38-35-,44-41-,45-42-,53-50-,65-61-. The Morgan fingerprint density at radius 1 is 0.269 bits per heavy atom. The summed E-state index contributed by atoms with van der Waals surface area (Å²) in [5.74, 6) is -2.33. The minimum Gasteiger partial charge on any atom is -0.462 e. The monoisotopic (exact) mass is 1550 g/mol. The van der Waals surface area contributed by atoms with Crippen molar-refractivity contribution < 1.29 is 80.2 Å². The molecule has 5 atom stereocenters. The van der Waals surface area contributed by atoms with Gasteiger partial charge in [0.1, 0.15) is 19.3 Å². The molecule has 0 fully saturated rings. The van der Waals surface area contributed by atoms with E-state index in [1.165, 1.54) is 0 Å². The molecule has 19 heteroatoms. The summed E-state index contributed by atoms with van der Waals surface area (Å²) in [5.41, 5.74) is 0. The van der Waals surface area contributed by atoms with Crippen molar-refractivity contribution in [3.05, 3.63) is 182 Å². The smallest absolute Gasteiger partial charge is 0.462 e. The van der Waals surface area contributed by atoms with Gasteiger partial charge in [0.15, 0.2) is 12.2 Å². The highest BCUT2D eigenvalue weighted by Gasteiger charge is 2.30. The second-order valence-electron chi connectivity index (χ2n) is 26.6. The molecule has 0 aliphatic carbocycles. The summed E-state index contributed by atoms with van der Waals surface area (Å²) in [6, 6.07) is 0. The summed E-state index contributed by atoms with van der Waals surface area (Å²) < 4.78 is 68.6. The van der Waals surface area contributed by atoms with Crippen LogP contribution in [0.15, 0.2) is 182 Å². The van der Waals surface area contributed by atoms with Crippen molar-refractivity contribution in [3.63, 3.8) is 0 Å². The molecule has 0 saturated heterocycles. The van der Waals surface area contributed by atoms with Crippen LogP contribution in [-0.2, 0) is 65.4 Å². The third-order valence-electron chi connectivity index (χ3n) is 16.3. The Bertz CT molecular complexity index is 2760. The van der Waals surface area contributed by atoms with Crippen molar-refractivity contribution in [1.29, 1.82) is 0 Å². The lowest BCUT2D eigenvalue weighted by molar-refractivity contribution is -0.161. The average molecular weight is 1550 g/mol. The van der Waals surface area contributed by atoms with Gasteiger partial charge in [-0.2, -0.15) is 0 Å². The minimum absolute atomic E-state index is 0.0269. The first-order valence-electron chi connectivity index (χ1n) is 41.0. The zero-order valence-corrected chi connectivity index (χ0v) is 68.7. The van der Waals surface area contributed by atoms with E-state index < -0.39 is 97.5 Å². The van der Waals surface area contributed by atoms with Gasteiger partial charge < -0.3 is 33.8 Å². The maximum atomic E-state index is 13.1. The van der Waals surface area contributed by atoms with Crippen molar-refractivity contribution in [3.8, 4) is 0 Å². The van der Waals surface area contributed by atoms with Crippen LogP contribution in [0.2, 0.25) is 0 Å². The van der Waals surface area contributed by atoms with Gasteiger partial charge in [-0.25, -0.2) is 9.13 Å². The zero-order chi connectivity index (χ0) is 78.9. The molecule has 0 aliphatic heterocycles. The molecule has 3 N–H and O–H groups in total. The number of phosphoric acid groups is 2. The number of hydrogen-bond acceptors (Lipinski definition) is 15. The fourth-order valence-electron chi connectivity index (χ4n) is 10.2. The number of aliphatic hydroxyl groups is 1. The van der Waals surface area contributed by atoms with Crippen molar-refractivity contribution in [1.82, 2.24) is 0 Å². The predicted octanol–water partition coefficient (Wildman–Crippen LogP) is 24.3. The van der Waals surface area contributed by atoms with E-state index in [4.69, 9.17) is 37.0 Å². The quantitative estimate of drug-likeness (QED) is 0.0169. The second kappa shape index (κ2) is 79.3. The number of ether oxygens (including phenoxy) is 4. The van der Waals surface area contributed by atoms with E-state index >= 15 is 0 Å². The minimum atomic E-state index is -5.01. The average Bonchev–Trinajstić information content (AvgIpc) is 0.916. The topological polar surface area (TPSA) is 237 Å². The molecular weight excluding hydrogens is 1400 g/mol. The number of unbranched alkanes of at least 4 members (excludes halogenated alkanes) is 19. The SMILES string of the molecule is CC/C=C\C/C=C\C/C=C\C/C=C\C/C=C\C/C=C\CCC(=O)OCC(COP(=O)(O)OCC(O)COP(=O)(O)OCC(COC(=O)CCCCCCCC/C=C\C/C=C\C/C=C\C/C=C\CC)OC(=O)CCCCCCCCC/C=C\C/C=C\C/C=C\CC)OC(=O)CCCCCCC/C=C\C/C=C\CCC. The predicted molar refractivity (Wildman–Crippen MR) is 445 cm³/mol. The molecule has 0 heterocycles. The van der Waals surface area contributed by atoms with Crippen LogP contribution >= 0.6 is 15.6 Å². The Hall–Kier alpha value is -5.84. The first-order chi connectivity index (χ1) is 52.7. The van der Waals surface area contributed by atoms with E-state index in [2.05, 4.69) is 192 Å². The molecule has 0 bridgehead atoms. The van der Waals surface area contributed by atoms with E-state index in [1.807, 2.05) is 18.2 Å². The zero-order valence-electron chi connectivity index (χ0n) is 66.9. The summed E-state index contributed by atoms with van der Waals surface area (Å²) >= 11 is 0. The van der Waals surface area contributed by atoms with E-state index in [1.54, 1.807) is 0 Å². The summed E-state index contributed by atoms with van der Waals surface area (Å²) in [6.45, 7) is 4.34. The Labute approximate surface area is 654 Å². The Balaban J connectivity index is 5.46. The Morgan fingerprint density at radius 2 is 0.500 bits per heavy atom. The van der Waals surface area contributed by atoms with E-state index in [0.717, 1.165) is 212 Å². The van der Waals surface area contributed by atoms with Gasteiger partial charge in [0.25, 0.3) is 0 Å². The first-order valence-corrected chi connectivity index (χ1v) is 44.0. The molecule has 0 radical (unpaired) electrons. The van der Waals surface area contributed by atoms with Gasteiger partial charge in [-0.1, -0.05) is 293 Å². The molecular formula is C89H144O17P2. The second-order valence-corrected chi connectivity index (χ2v) is 29.5. The van der Waals surface area contributed by atoms with Crippen molar-refractivity contribution in [2.75, 3.05) is 39.6 Å². The van der Waals surface area contributed by atoms with Crippen molar-refractivity contribution >= 4 is 39.5 Å². The Morgan fingerprint density at radius 3 is 0.796 bits per heavy atom. The molecule has 0 rings (SSSR count). The molecule has 0 aromatic rings. The third kappa shape index (κ3) is 78.3. The van der Waals surface area contributed by atoms with Crippen LogP contribution < -0.4 is 0 Å². The van der Waals surface area contributed by atoms with E-state index in [9.17, 15) is 43.2 Å². The van der Waals surface area contributed by atoms with Crippen LogP contribution in [0.25, 0.3) is 0 Å². The van der Waals surface area contributed by atoms with Crippen LogP contribution in [0.3, 0.4) is 0 Å². The summed E-state index contributed by atoms with van der Waals surface area (Å²) in [7, 11) is -10.0. The van der Waals surface area contributed by atoms with Gasteiger partial charge >= 0.3 is 39.5 Å². The molecule has 0 aliphatic rings. The van der Waals surface area contributed by atoms with Crippen LogP contribution in [0, 0.1) is 0 Å². The fourth-order valence-corrected chi connectivity index (χ4v) is 11.8. The van der Waals surface area contributed by atoms with Crippen LogP contribution in [0.1, 0.15) is 297 Å². The fraction of sp³-hybridized carbons (Fsp3) is 0.618. The summed E-state index contributed by atoms with van der Waals surface area (Å²) in [4.78, 5) is 73.1. The summed E-state index contributed by atoms with van der Waals surface area (Å²) in [6.07, 6.45) is 95.9. The lowest BCUT2D eigenvalue weighted by Gasteiger charge is -2.21. The van der Waals surface area contributed by atoms with Gasteiger partial charge in [0, 0.05) is 25.7 Å². The number of phosphoric ester groups is 2. The molecule has 0 aromatic heterocycles. The lowest BCUT2D eigenvalue weighted by Crippen LogP contribution is -2.30. The molecule has 0 saturated carbocycles. The number of aliphatic hydroxyl groups excluding tert-OH is 1. The van der Waals surface area contributed by atoms with Crippen molar-refractivity contribution in [2.45, 2.75) is 316 Å². The molecule has 108 heavy (non-hydrogen) atoms. The molecule has 0 amide bonds. The largest absolute Gasteiger partial charge is 0.472 e. The number of esters is 4. The molecule has 0 aromatic carbocycles. The number of allylic oxidation sites excluding steroid dienone is 30. The maximum Gasteiger partial charge on any atom is 0.472 e. The summed E-state index contributed by atoms with van der Waals surface area (Å²) in [5, 5.41) is 10.7. The van der Waals surface area contributed by atoms with Crippen LogP contribution in [0.5, 0.6) is 0 Å². The van der Waals surface area contributed by atoms with Gasteiger partial charge in [0.2, 0.25) is 0 Å². The van der Waals surface area contributed by atoms with Crippen molar-refractivity contribution in [2.24, 2.45) is 0 Å². The van der Waals surface area contributed by atoms with E-state index in [-0.39, 0.29) is 25.7 Å². The van der Waals surface area contributed by atoms with Gasteiger partial charge in [-0.05, 0) is 161 Å². The number of carbonyl (C=O) groups is 4. The van der Waals surface area contributed by atoms with Gasteiger partial charge in [-0.15, -0.1) is 0 Å². The highest BCUT2D eigenvalue weighted by Crippen LogP contribution is 2.45. The third-order valence-corrected chi connectivity index (χ3v) is 18.2. The Kier molecular flexibility index (Phi) is 75.0. The lowest BCUT2D eigenvalue weighted by atomic mass is 10.1. The van der Waals surface area contributed by atoms with Gasteiger partial charge in [-0.3, -0.25) is 37.3 Å². The van der Waals surface area contributed by atoms with Crippen LogP contribution in [0.4, 0.5) is 0 Å². The van der Waals surface area contributed by atoms with Gasteiger partial charge in [0.05, 0.1) is 26.4 Å². The molecule has 17 nitrogen and oxygen atoms in total. The van der Waals surface area contributed by atoms with E-state index in [0.29, 0.717) is 32.1 Å². The molecule has 0 spiro atoms. The number of carbonyl (C=O) groups excluding carboxylic acids is 4. The highest BCUT2D eigenvalue weighted by atomic mass is 31.2. The molecule has 5 unspecified atom stereocenters.